The lowest BCUT2D eigenvalue weighted by molar-refractivity contribution is -0.137. The summed E-state index contributed by atoms with van der Waals surface area (Å²) in [5.74, 6) is 1.47. The smallest absolute Gasteiger partial charge is 0.417 e. The molecule has 4 rings (SSSR count). The molecule has 0 spiro atoms. The Morgan fingerprint density at radius 3 is 2.52 bits per heavy atom. The highest BCUT2D eigenvalue weighted by Crippen LogP contribution is 2.38. The highest BCUT2D eigenvalue weighted by Gasteiger charge is 2.31. The van der Waals surface area contributed by atoms with Gasteiger partial charge in [-0.1, -0.05) is 11.6 Å². The number of amides is 1. The summed E-state index contributed by atoms with van der Waals surface area (Å²) in [4.78, 5) is 20.3. The van der Waals surface area contributed by atoms with Crippen molar-refractivity contribution in [1.29, 1.82) is 0 Å². The number of rotatable bonds is 3. The first-order chi connectivity index (χ1) is 14.8. The number of alkyl halides is 3. The minimum Gasteiger partial charge on any atom is -0.489 e. The van der Waals surface area contributed by atoms with Gasteiger partial charge in [0.1, 0.15) is 5.82 Å². The van der Waals surface area contributed by atoms with Crippen LogP contribution < -0.4 is 14.4 Å². The molecule has 0 atom stereocenters. The van der Waals surface area contributed by atoms with E-state index in [1.54, 1.807) is 17.0 Å². The molecule has 0 unspecified atom stereocenters. The third kappa shape index (κ3) is 4.98. The van der Waals surface area contributed by atoms with Crippen LogP contribution in [-0.4, -0.2) is 55.2 Å². The monoisotopic (exact) mass is 455 g/mol. The van der Waals surface area contributed by atoms with E-state index >= 15 is 0 Å². The van der Waals surface area contributed by atoms with Crippen molar-refractivity contribution in [3.05, 3.63) is 46.6 Å². The fourth-order valence-corrected chi connectivity index (χ4v) is 3.89. The Morgan fingerprint density at radius 2 is 1.84 bits per heavy atom. The van der Waals surface area contributed by atoms with Gasteiger partial charge in [0.2, 0.25) is 5.91 Å². The summed E-state index contributed by atoms with van der Waals surface area (Å²) in [7, 11) is 0. The van der Waals surface area contributed by atoms with Gasteiger partial charge in [0.15, 0.2) is 11.5 Å². The Labute approximate surface area is 182 Å². The molecule has 3 heterocycles. The summed E-state index contributed by atoms with van der Waals surface area (Å²) in [5.41, 5.74) is -0.0371. The number of carbonyl (C=O) groups is 1. The van der Waals surface area contributed by atoms with Crippen LogP contribution in [0.15, 0.2) is 30.5 Å². The third-order valence-corrected chi connectivity index (χ3v) is 5.53. The number of halogens is 4. The first kappa shape index (κ1) is 21.5. The van der Waals surface area contributed by atoms with E-state index in [9.17, 15) is 18.0 Å². The molecule has 1 aromatic heterocycles. The standard InChI is InChI=1S/C21H21ClF3N3O3/c22-16-10-14(11-17-20(16)31-9-1-8-30-17)12-19(29)28-6-4-27(5-7-28)18-3-2-15(13-26-18)21(23,24)25/h2-3,10-11,13H,1,4-9,12H2. The van der Waals surface area contributed by atoms with E-state index < -0.39 is 11.7 Å². The van der Waals surface area contributed by atoms with Crippen LogP contribution in [-0.2, 0) is 17.4 Å². The lowest BCUT2D eigenvalue weighted by atomic mass is 10.1. The van der Waals surface area contributed by atoms with Crippen LogP contribution in [0.4, 0.5) is 19.0 Å². The maximum Gasteiger partial charge on any atom is 0.417 e. The van der Waals surface area contributed by atoms with Crippen LogP contribution in [0.1, 0.15) is 17.5 Å². The van der Waals surface area contributed by atoms with Gasteiger partial charge in [-0.3, -0.25) is 4.79 Å². The summed E-state index contributed by atoms with van der Waals surface area (Å²) in [6.07, 6.45) is -2.64. The number of nitrogens with zero attached hydrogens (tertiary/aromatic N) is 3. The Morgan fingerprint density at radius 1 is 1.10 bits per heavy atom. The largest absolute Gasteiger partial charge is 0.489 e. The highest BCUT2D eigenvalue weighted by molar-refractivity contribution is 6.32. The molecular formula is C21H21ClF3N3O3. The molecule has 1 saturated heterocycles. The van der Waals surface area contributed by atoms with Gasteiger partial charge in [-0.15, -0.1) is 0 Å². The fourth-order valence-electron chi connectivity index (χ4n) is 3.60. The molecule has 6 nitrogen and oxygen atoms in total. The topological polar surface area (TPSA) is 54.9 Å². The van der Waals surface area contributed by atoms with Crippen molar-refractivity contribution in [3.8, 4) is 11.5 Å². The Kier molecular flexibility index (Phi) is 6.13. The molecule has 0 N–H and O–H groups in total. The highest BCUT2D eigenvalue weighted by atomic mass is 35.5. The van der Waals surface area contributed by atoms with E-state index in [0.29, 0.717) is 61.7 Å². The summed E-state index contributed by atoms with van der Waals surface area (Å²) in [6.45, 7) is 2.96. The molecule has 2 aliphatic rings. The Bertz CT molecular complexity index is 945. The summed E-state index contributed by atoms with van der Waals surface area (Å²) >= 11 is 6.30. The van der Waals surface area contributed by atoms with E-state index in [2.05, 4.69) is 4.98 Å². The Hall–Kier alpha value is -2.68. The van der Waals surface area contributed by atoms with Crippen LogP contribution >= 0.6 is 11.6 Å². The number of piperazine rings is 1. The van der Waals surface area contributed by atoms with Gasteiger partial charge >= 0.3 is 6.18 Å². The molecule has 166 valence electrons. The number of pyridine rings is 1. The first-order valence-corrected chi connectivity index (χ1v) is 10.3. The van der Waals surface area contributed by atoms with Crippen molar-refractivity contribution >= 4 is 23.3 Å². The molecule has 0 aliphatic carbocycles. The SMILES string of the molecule is O=C(Cc1cc(Cl)c2c(c1)OCCCO2)N1CCN(c2ccc(C(F)(F)F)cn2)CC1. The van der Waals surface area contributed by atoms with E-state index in [0.717, 1.165) is 24.2 Å². The zero-order valence-corrected chi connectivity index (χ0v) is 17.4. The lowest BCUT2D eigenvalue weighted by Crippen LogP contribution is -2.49. The normalized spacial score (nSPS) is 16.8. The minimum absolute atomic E-state index is 0.0504. The number of benzene rings is 1. The molecule has 10 heteroatoms. The van der Waals surface area contributed by atoms with Gasteiger partial charge in [-0.25, -0.2) is 4.98 Å². The number of aromatic nitrogens is 1. The second-order valence-corrected chi connectivity index (χ2v) is 7.81. The third-order valence-electron chi connectivity index (χ3n) is 5.25. The maximum atomic E-state index is 12.8. The number of ether oxygens (including phenoxy) is 2. The second-order valence-electron chi connectivity index (χ2n) is 7.40. The van der Waals surface area contributed by atoms with Crippen molar-refractivity contribution in [3.63, 3.8) is 0 Å². The van der Waals surface area contributed by atoms with Crippen LogP contribution in [0.2, 0.25) is 5.02 Å². The summed E-state index contributed by atoms with van der Waals surface area (Å²) in [6, 6.07) is 5.88. The van der Waals surface area contributed by atoms with Crippen molar-refractivity contribution in [2.24, 2.45) is 0 Å². The van der Waals surface area contributed by atoms with Crippen molar-refractivity contribution < 1.29 is 27.4 Å². The van der Waals surface area contributed by atoms with Gasteiger partial charge in [-0.05, 0) is 29.8 Å². The molecule has 2 aliphatic heterocycles. The molecule has 1 fully saturated rings. The molecule has 31 heavy (non-hydrogen) atoms. The zero-order valence-electron chi connectivity index (χ0n) is 16.6. The number of anilines is 1. The molecule has 0 radical (unpaired) electrons. The average Bonchev–Trinajstić information content (AvgIpc) is 2.99. The van der Waals surface area contributed by atoms with Crippen LogP contribution in [0, 0.1) is 0 Å². The molecule has 1 aromatic carbocycles. The first-order valence-electron chi connectivity index (χ1n) is 9.95. The van der Waals surface area contributed by atoms with Gasteiger partial charge < -0.3 is 19.3 Å². The van der Waals surface area contributed by atoms with Crippen LogP contribution in [0.3, 0.4) is 0 Å². The quantitative estimate of drug-likeness (QED) is 0.704. The van der Waals surface area contributed by atoms with Crippen LogP contribution in [0.25, 0.3) is 0 Å². The number of hydrogen-bond acceptors (Lipinski definition) is 5. The molecule has 0 saturated carbocycles. The van der Waals surface area contributed by atoms with Crippen molar-refractivity contribution in [2.45, 2.75) is 19.0 Å². The zero-order chi connectivity index (χ0) is 22.0. The van der Waals surface area contributed by atoms with Crippen molar-refractivity contribution in [1.82, 2.24) is 9.88 Å². The summed E-state index contributed by atoms with van der Waals surface area (Å²) in [5, 5.41) is 0.417. The van der Waals surface area contributed by atoms with E-state index in [1.807, 2.05) is 4.90 Å². The molecular weight excluding hydrogens is 435 g/mol. The predicted molar refractivity (Wildman–Crippen MR) is 109 cm³/mol. The fraction of sp³-hybridized carbons (Fsp3) is 0.429. The van der Waals surface area contributed by atoms with Crippen LogP contribution in [0.5, 0.6) is 11.5 Å². The van der Waals surface area contributed by atoms with Gasteiger partial charge in [0.05, 0.1) is 30.2 Å². The summed E-state index contributed by atoms with van der Waals surface area (Å²) < 4.78 is 49.4. The Balaban J connectivity index is 1.35. The lowest BCUT2D eigenvalue weighted by Gasteiger charge is -2.35. The second kappa shape index (κ2) is 8.82. The number of fused-ring (bicyclic) bond motifs is 1. The van der Waals surface area contributed by atoms with Gasteiger partial charge in [0, 0.05) is 38.8 Å². The van der Waals surface area contributed by atoms with E-state index in [1.165, 1.54) is 6.07 Å². The molecule has 2 aromatic rings. The minimum atomic E-state index is -4.41. The predicted octanol–water partition coefficient (Wildman–Crippen LogP) is 3.81. The van der Waals surface area contributed by atoms with Gasteiger partial charge in [0.25, 0.3) is 0 Å². The van der Waals surface area contributed by atoms with Gasteiger partial charge in [-0.2, -0.15) is 13.2 Å². The maximum absolute atomic E-state index is 12.8. The number of hydrogen-bond donors (Lipinski definition) is 0. The molecule has 1 amide bonds. The van der Waals surface area contributed by atoms with E-state index in [4.69, 9.17) is 21.1 Å². The van der Waals surface area contributed by atoms with Crippen molar-refractivity contribution in [2.75, 3.05) is 44.3 Å². The average molecular weight is 456 g/mol. The number of carbonyl (C=O) groups excluding carboxylic acids is 1. The molecule has 0 bridgehead atoms. The van der Waals surface area contributed by atoms with E-state index in [-0.39, 0.29) is 12.3 Å².